The van der Waals surface area contributed by atoms with Gasteiger partial charge in [-0.05, 0) is 55.8 Å². The lowest BCUT2D eigenvalue weighted by Crippen LogP contribution is -2.22. The van der Waals surface area contributed by atoms with Crippen molar-refractivity contribution in [2.45, 2.75) is 24.8 Å². The zero-order valence-electron chi connectivity index (χ0n) is 17.9. The van der Waals surface area contributed by atoms with Crippen LogP contribution in [0.5, 0.6) is 0 Å². The number of thioether (sulfide) groups is 1. The molecule has 0 atom stereocenters. The Bertz CT molecular complexity index is 1660. The Balaban J connectivity index is 1.64. The number of para-hydroxylation sites is 1. The topological polar surface area (TPSA) is 69.3 Å². The lowest BCUT2D eigenvalue weighted by Gasteiger charge is -2.16. The fraction of sp³-hybridized carbons (Fsp3) is 0.120. The van der Waals surface area contributed by atoms with Crippen molar-refractivity contribution in [2.24, 2.45) is 0 Å². The van der Waals surface area contributed by atoms with Crippen LogP contribution in [0.2, 0.25) is 5.02 Å². The average Bonchev–Trinajstić information content (AvgIpc) is 2.80. The summed E-state index contributed by atoms with van der Waals surface area (Å²) in [6, 6.07) is 19.8. The molecule has 2 aromatic carbocycles. The molecule has 3 aromatic heterocycles. The third-order valence-corrected chi connectivity index (χ3v) is 6.89. The average molecular weight is 475 g/mol. The first-order valence-electron chi connectivity index (χ1n) is 10.3. The van der Waals surface area contributed by atoms with Crippen molar-refractivity contribution in [3.63, 3.8) is 0 Å². The van der Waals surface area contributed by atoms with Crippen molar-refractivity contribution in [2.75, 3.05) is 0 Å². The fourth-order valence-electron chi connectivity index (χ4n) is 3.84. The number of benzene rings is 2. The van der Waals surface area contributed by atoms with Crippen LogP contribution in [0.15, 0.2) is 81.5 Å². The monoisotopic (exact) mass is 474 g/mol. The predicted octanol–water partition coefficient (Wildman–Crippen LogP) is 4.96. The van der Waals surface area contributed by atoms with Crippen LogP contribution < -0.4 is 11.1 Å². The summed E-state index contributed by atoms with van der Waals surface area (Å²) in [6.07, 6.45) is 0. The molecule has 6 nitrogen and oxygen atoms in total. The first kappa shape index (κ1) is 21.4. The predicted molar refractivity (Wildman–Crippen MR) is 133 cm³/mol. The van der Waals surface area contributed by atoms with Gasteiger partial charge < -0.3 is 0 Å². The number of nitrogens with zero attached hydrogens (tertiary/aromatic N) is 4. The minimum absolute atomic E-state index is 0.136. The van der Waals surface area contributed by atoms with Gasteiger partial charge in [-0.1, -0.05) is 47.6 Å². The number of fused-ring (bicyclic) bond motifs is 2. The number of pyridine rings is 1. The summed E-state index contributed by atoms with van der Waals surface area (Å²) < 4.78 is 3.17. The molecule has 33 heavy (non-hydrogen) atoms. The van der Waals surface area contributed by atoms with Crippen LogP contribution in [0.3, 0.4) is 0 Å². The maximum atomic E-state index is 13.5. The molecular weight excluding hydrogens is 456 g/mol. The van der Waals surface area contributed by atoms with Gasteiger partial charge in [-0.15, -0.1) is 0 Å². The van der Waals surface area contributed by atoms with E-state index in [2.05, 4.69) is 4.98 Å². The van der Waals surface area contributed by atoms with Crippen LogP contribution in [0.25, 0.3) is 22.2 Å². The molecule has 0 amide bonds. The van der Waals surface area contributed by atoms with E-state index >= 15 is 0 Å². The fourth-order valence-corrected chi connectivity index (χ4v) is 4.90. The van der Waals surface area contributed by atoms with E-state index in [4.69, 9.17) is 16.6 Å². The zero-order valence-corrected chi connectivity index (χ0v) is 19.5. The van der Waals surface area contributed by atoms with Crippen LogP contribution in [0, 0.1) is 13.8 Å². The number of aryl methyl sites for hydroxylation is 1. The minimum Gasteiger partial charge on any atom is -0.269 e. The lowest BCUT2D eigenvalue weighted by molar-refractivity contribution is 0.814. The summed E-state index contributed by atoms with van der Waals surface area (Å²) in [5, 5.41) is 1.61. The maximum Gasteiger partial charge on any atom is 0.266 e. The summed E-state index contributed by atoms with van der Waals surface area (Å²) in [6.45, 7) is 3.75. The summed E-state index contributed by atoms with van der Waals surface area (Å²) in [5.41, 5.74) is 3.81. The molecule has 5 rings (SSSR count). The molecule has 0 aliphatic carbocycles. The third kappa shape index (κ3) is 3.83. The molecule has 164 valence electrons. The Kier molecular flexibility index (Phi) is 5.52. The van der Waals surface area contributed by atoms with E-state index in [-0.39, 0.29) is 11.1 Å². The molecule has 0 saturated heterocycles. The van der Waals surface area contributed by atoms with E-state index in [1.54, 1.807) is 21.1 Å². The second-order valence-electron chi connectivity index (χ2n) is 7.67. The number of hydrogen-bond acceptors (Lipinski definition) is 5. The Morgan fingerprint density at radius 1 is 0.939 bits per heavy atom. The first-order chi connectivity index (χ1) is 15.9. The van der Waals surface area contributed by atoms with Gasteiger partial charge in [-0.2, -0.15) is 0 Å². The van der Waals surface area contributed by atoms with Gasteiger partial charge in [0.25, 0.3) is 11.1 Å². The van der Waals surface area contributed by atoms with Gasteiger partial charge in [-0.3, -0.25) is 18.6 Å². The van der Waals surface area contributed by atoms with Gasteiger partial charge in [0.05, 0.1) is 22.3 Å². The number of rotatable bonds is 4. The van der Waals surface area contributed by atoms with Crippen LogP contribution >= 0.6 is 23.4 Å². The summed E-state index contributed by atoms with van der Waals surface area (Å²) in [5.74, 6) is 0.379. The van der Waals surface area contributed by atoms with E-state index in [0.717, 1.165) is 11.3 Å². The molecule has 0 unspecified atom stereocenters. The maximum absolute atomic E-state index is 13.5. The molecule has 0 bridgehead atoms. The van der Waals surface area contributed by atoms with Gasteiger partial charge >= 0.3 is 0 Å². The van der Waals surface area contributed by atoms with Crippen molar-refractivity contribution in [3.05, 3.63) is 109 Å². The lowest BCUT2D eigenvalue weighted by atomic mass is 10.2. The Morgan fingerprint density at radius 3 is 2.58 bits per heavy atom. The summed E-state index contributed by atoms with van der Waals surface area (Å²) >= 11 is 7.71. The van der Waals surface area contributed by atoms with Gasteiger partial charge in [-0.25, -0.2) is 9.97 Å². The number of hydrogen-bond donors (Lipinski definition) is 0. The minimum atomic E-state index is -0.171. The van der Waals surface area contributed by atoms with Gasteiger partial charge in [0.15, 0.2) is 5.16 Å². The van der Waals surface area contributed by atoms with E-state index in [9.17, 15) is 9.59 Å². The number of aromatic nitrogens is 4. The van der Waals surface area contributed by atoms with Crippen molar-refractivity contribution in [1.29, 1.82) is 0 Å². The van der Waals surface area contributed by atoms with Crippen LogP contribution in [-0.4, -0.2) is 18.9 Å². The molecule has 0 N–H and O–H groups in total. The van der Waals surface area contributed by atoms with E-state index in [1.807, 2.05) is 62.4 Å². The Morgan fingerprint density at radius 2 is 1.73 bits per heavy atom. The normalized spacial score (nSPS) is 11.4. The quantitative estimate of drug-likeness (QED) is 0.272. The molecule has 0 spiro atoms. The van der Waals surface area contributed by atoms with E-state index in [0.29, 0.717) is 43.9 Å². The van der Waals surface area contributed by atoms with Crippen LogP contribution in [0.1, 0.15) is 17.0 Å². The number of halogens is 1. The molecule has 0 fully saturated rings. The highest BCUT2D eigenvalue weighted by Crippen LogP contribution is 2.28. The highest BCUT2D eigenvalue weighted by molar-refractivity contribution is 7.98. The van der Waals surface area contributed by atoms with Gasteiger partial charge in [0.1, 0.15) is 5.65 Å². The van der Waals surface area contributed by atoms with Crippen molar-refractivity contribution in [3.8, 4) is 5.69 Å². The highest BCUT2D eigenvalue weighted by atomic mass is 35.5. The van der Waals surface area contributed by atoms with E-state index in [1.165, 1.54) is 17.8 Å². The van der Waals surface area contributed by atoms with E-state index < -0.39 is 0 Å². The molecular formula is C25H19ClN4O2S. The molecule has 0 saturated carbocycles. The summed E-state index contributed by atoms with van der Waals surface area (Å²) in [7, 11) is 0. The molecule has 3 heterocycles. The van der Waals surface area contributed by atoms with Gasteiger partial charge in [0.2, 0.25) is 0 Å². The second-order valence-corrected chi connectivity index (χ2v) is 9.02. The highest BCUT2D eigenvalue weighted by Gasteiger charge is 2.16. The SMILES string of the molecule is Cc1c(Cl)cccc1-n1c(SCc2cc(=O)n3c(C)cccc3n2)nc2ccccc2c1=O. The van der Waals surface area contributed by atoms with Crippen LogP contribution in [-0.2, 0) is 5.75 Å². The third-order valence-electron chi connectivity index (χ3n) is 5.51. The molecule has 0 aliphatic heterocycles. The van der Waals surface area contributed by atoms with Gasteiger partial charge in [0, 0.05) is 22.5 Å². The zero-order chi connectivity index (χ0) is 23.1. The molecule has 0 aliphatic rings. The largest absolute Gasteiger partial charge is 0.269 e. The van der Waals surface area contributed by atoms with Crippen molar-refractivity contribution >= 4 is 39.9 Å². The first-order valence-corrected chi connectivity index (χ1v) is 11.7. The smallest absolute Gasteiger partial charge is 0.266 e. The van der Waals surface area contributed by atoms with Crippen molar-refractivity contribution in [1.82, 2.24) is 18.9 Å². The Labute approximate surface area is 198 Å². The molecule has 8 heteroatoms. The standard InChI is InChI=1S/C25H19ClN4O2S/c1-15-7-5-12-22-27-17(13-23(31)29(15)22)14-33-25-28-20-10-4-3-8-18(20)24(32)30(25)21-11-6-9-19(26)16(21)2/h3-13H,14H2,1-2H3. The van der Waals surface area contributed by atoms with Crippen molar-refractivity contribution < 1.29 is 0 Å². The Hall–Kier alpha value is -3.42. The molecule has 0 radical (unpaired) electrons. The van der Waals surface area contributed by atoms with Crippen LogP contribution in [0.4, 0.5) is 0 Å². The summed E-state index contributed by atoms with van der Waals surface area (Å²) in [4.78, 5) is 35.6. The molecule has 5 aromatic rings. The second kappa shape index (κ2) is 8.50.